The number of amides is 1. The van der Waals surface area contributed by atoms with Crippen molar-refractivity contribution in [2.45, 2.75) is 38.3 Å². The summed E-state index contributed by atoms with van der Waals surface area (Å²) >= 11 is 0. The van der Waals surface area contributed by atoms with Crippen LogP contribution in [-0.2, 0) is 23.9 Å². The fraction of sp³-hybridized carbons (Fsp3) is 0.750. The zero-order valence-corrected chi connectivity index (χ0v) is 10.5. The van der Waals surface area contributed by atoms with Gasteiger partial charge in [0.05, 0.1) is 13.0 Å². The van der Waals surface area contributed by atoms with E-state index in [1.54, 1.807) is 6.92 Å². The quantitative estimate of drug-likeness (QED) is 0.621. The number of hydrogen-bond acceptors (Lipinski definition) is 5. The van der Waals surface area contributed by atoms with Crippen molar-refractivity contribution < 1.29 is 23.9 Å². The minimum Gasteiger partial charge on any atom is -0.467 e. The van der Waals surface area contributed by atoms with Gasteiger partial charge in [0.25, 0.3) is 0 Å². The molecule has 18 heavy (non-hydrogen) atoms. The molecule has 0 aromatic carbocycles. The highest BCUT2D eigenvalue weighted by molar-refractivity contribution is 5.92. The second kappa shape index (κ2) is 4.96. The van der Waals surface area contributed by atoms with E-state index in [0.29, 0.717) is 19.3 Å². The number of nitrogens with zero attached hydrogens (tertiary/aromatic N) is 1. The van der Waals surface area contributed by atoms with Gasteiger partial charge in [0.2, 0.25) is 5.91 Å². The van der Waals surface area contributed by atoms with E-state index in [1.165, 1.54) is 12.0 Å². The van der Waals surface area contributed by atoms with Crippen molar-refractivity contribution in [2.75, 3.05) is 13.7 Å². The largest absolute Gasteiger partial charge is 0.467 e. The van der Waals surface area contributed by atoms with Crippen molar-refractivity contribution in [3.05, 3.63) is 0 Å². The number of hydrogen-bond donors (Lipinski definition) is 0. The predicted molar refractivity (Wildman–Crippen MR) is 60.4 cm³/mol. The third-order valence-corrected chi connectivity index (χ3v) is 3.52. The van der Waals surface area contributed by atoms with E-state index in [4.69, 9.17) is 9.47 Å². The summed E-state index contributed by atoms with van der Waals surface area (Å²) in [6.07, 6.45) is 1.79. The Kier molecular flexibility index (Phi) is 3.54. The molecule has 2 saturated heterocycles. The van der Waals surface area contributed by atoms with Gasteiger partial charge >= 0.3 is 11.9 Å². The minimum atomic E-state index is -0.658. The summed E-state index contributed by atoms with van der Waals surface area (Å²) in [4.78, 5) is 37.2. The van der Waals surface area contributed by atoms with Crippen LogP contribution in [0.3, 0.4) is 0 Å². The Morgan fingerprint density at radius 3 is 2.78 bits per heavy atom. The molecule has 2 fully saturated rings. The zero-order valence-electron chi connectivity index (χ0n) is 10.5. The van der Waals surface area contributed by atoms with Gasteiger partial charge in [-0.1, -0.05) is 6.92 Å². The lowest BCUT2D eigenvalue weighted by Gasteiger charge is -2.38. The summed E-state index contributed by atoms with van der Waals surface area (Å²) in [5.74, 6) is -1.50. The standard InChI is InChI=1S/C12H17NO5/c1-7-6-18-12(16)9-5-3-4-8(11(15)17-2)13(9)10(7)14/h7-9H,3-6H2,1-2H3/t7-,8-,9+/m0/s1. The van der Waals surface area contributed by atoms with Crippen molar-refractivity contribution in [3.8, 4) is 0 Å². The number of piperidine rings is 1. The molecule has 0 aromatic rings. The summed E-state index contributed by atoms with van der Waals surface area (Å²) in [6.45, 7) is 1.78. The van der Waals surface area contributed by atoms with E-state index in [9.17, 15) is 14.4 Å². The third-order valence-electron chi connectivity index (χ3n) is 3.52. The van der Waals surface area contributed by atoms with E-state index in [1.807, 2.05) is 0 Å². The van der Waals surface area contributed by atoms with Gasteiger partial charge < -0.3 is 14.4 Å². The van der Waals surface area contributed by atoms with Crippen LogP contribution in [0.2, 0.25) is 0 Å². The molecule has 6 nitrogen and oxygen atoms in total. The topological polar surface area (TPSA) is 72.9 Å². The summed E-state index contributed by atoms with van der Waals surface area (Å²) in [5, 5.41) is 0. The first-order valence-electron chi connectivity index (χ1n) is 6.13. The number of esters is 2. The Bertz CT molecular complexity index is 381. The molecule has 2 aliphatic rings. The Morgan fingerprint density at radius 2 is 2.11 bits per heavy atom. The van der Waals surface area contributed by atoms with Gasteiger partial charge in [0.1, 0.15) is 18.7 Å². The van der Waals surface area contributed by atoms with E-state index >= 15 is 0 Å². The van der Waals surface area contributed by atoms with Crippen molar-refractivity contribution in [3.63, 3.8) is 0 Å². The molecule has 0 spiro atoms. The van der Waals surface area contributed by atoms with Crippen LogP contribution in [0.15, 0.2) is 0 Å². The number of fused-ring (bicyclic) bond motifs is 1. The van der Waals surface area contributed by atoms with Crippen LogP contribution < -0.4 is 0 Å². The molecule has 0 aromatic heterocycles. The molecule has 2 aliphatic heterocycles. The van der Waals surface area contributed by atoms with E-state index in [-0.39, 0.29) is 12.5 Å². The fourth-order valence-electron chi connectivity index (χ4n) is 2.54. The summed E-state index contributed by atoms with van der Waals surface area (Å²) in [7, 11) is 1.29. The third kappa shape index (κ3) is 2.07. The molecule has 0 unspecified atom stereocenters. The second-order valence-electron chi connectivity index (χ2n) is 4.76. The van der Waals surface area contributed by atoms with Crippen LogP contribution in [0.5, 0.6) is 0 Å². The molecule has 0 saturated carbocycles. The molecule has 0 radical (unpaired) electrons. The van der Waals surface area contributed by atoms with Crippen molar-refractivity contribution in [2.24, 2.45) is 5.92 Å². The Hall–Kier alpha value is -1.59. The molecule has 6 heteroatoms. The maximum Gasteiger partial charge on any atom is 0.328 e. The molecule has 0 N–H and O–H groups in total. The number of carbonyl (C=O) groups is 3. The average Bonchev–Trinajstić information content (AvgIpc) is 2.50. The summed E-state index contributed by atoms with van der Waals surface area (Å²) in [5.41, 5.74) is 0. The number of carbonyl (C=O) groups excluding carboxylic acids is 3. The van der Waals surface area contributed by atoms with Gasteiger partial charge in [-0.05, 0) is 19.3 Å². The first kappa shape index (κ1) is 12.9. The van der Waals surface area contributed by atoms with Crippen molar-refractivity contribution in [1.29, 1.82) is 0 Å². The van der Waals surface area contributed by atoms with Crippen LogP contribution >= 0.6 is 0 Å². The van der Waals surface area contributed by atoms with Crippen LogP contribution in [0.4, 0.5) is 0 Å². The smallest absolute Gasteiger partial charge is 0.328 e. The Balaban J connectivity index is 2.32. The number of ether oxygens (including phenoxy) is 2. The van der Waals surface area contributed by atoms with Gasteiger partial charge in [-0.15, -0.1) is 0 Å². The highest BCUT2D eigenvalue weighted by Crippen LogP contribution is 2.28. The first-order valence-corrected chi connectivity index (χ1v) is 6.13. The maximum atomic E-state index is 12.2. The van der Waals surface area contributed by atoms with Crippen LogP contribution in [-0.4, -0.2) is 48.5 Å². The number of rotatable bonds is 1. The van der Waals surface area contributed by atoms with E-state index < -0.39 is 29.9 Å². The molecule has 2 heterocycles. The predicted octanol–water partition coefficient (Wildman–Crippen LogP) is 0.102. The van der Waals surface area contributed by atoms with Crippen LogP contribution in [0.25, 0.3) is 0 Å². The van der Waals surface area contributed by atoms with E-state index in [2.05, 4.69) is 0 Å². The molecule has 0 bridgehead atoms. The van der Waals surface area contributed by atoms with Gasteiger partial charge in [-0.25, -0.2) is 9.59 Å². The van der Waals surface area contributed by atoms with E-state index in [0.717, 1.165) is 0 Å². The lowest BCUT2D eigenvalue weighted by Crippen LogP contribution is -2.56. The summed E-state index contributed by atoms with van der Waals surface area (Å²) < 4.78 is 9.78. The molecular weight excluding hydrogens is 238 g/mol. The highest BCUT2D eigenvalue weighted by Gasteiger charge is 2.45. The molecule has 2 rings (SSSR count). The van der Waals surface area contributed by atoms with Crippen molar-refractivity contribution in [1.82, 2.24) is 4.90 Å². The molecule has 3 atom stereocenters. The van der Waals surface area contributed by atoms with Gasteiger partial charge in [-0.3, -0.25) is 4.79 Å². The molecular formula is C12H17NO5. The second-order valence-corrected chi connectivity index (χ2v) is 4.76. The molecule has 0 aliphatic carbocycles. The van der Waals surface area contributed by atoms with Gasteiger partial charge in [-0.2, -0.15) is 0 Å². The monoisotopic (exact) mass is 255 g/mol. The SMILES string of the molecule is COC(=O)[C@@H]1CCC[C@@H]2C(=O)OC[C@H](C)C(=O)N21. The minimum absolute atomic E-state index is 0.0819. The normalized spacial score (nSPS) is 32.3. The molecule has 100 valence electrons. The van der Waals surface area contributed by atoms with Crippen LogP contribution in [0.1, 0.15) is 26.2 Å². The van der Waals surface area contributed by atoms with Crippen molar-refractivity contribution >= 4 is 17.8 Å². The molecule has 1 amide bonds. The lowest BCUT2D eigenvalue weighted by molar-refractivity contribution is -0.162. The Morgan fingerprint density at radius 1 is 1.39 bits per heavy atom. The number of methoxy groups -OCH3 is 1. The van der Waals surface area contributed by atoms with Crippen LogP contribution in [0, 0.1) is 5.92 Å². The fourth-order valence-corrected chi connectivity index (χ4v) is 2.54. The Labute approximate surface area is 105 Å². The van der Waals surface area contributed by atoms with Gasteiger partial charge in [0.15, 0.2) is 0 Å². The zero-order chi connectivity index (χ0) is 13.3. The summed E-state index contributed by atoms with van der Waals surface area (Å²) in [6, 6.07) is -1.30. The number of cyclic esters (lactones) is 1. The highest BCUT2D eigenvalue weighted by atomic mass is 16.5. The maximum absolute atomic E-state index is 12.2. The van der Waals surface area contributed by atoms with Gasteiger partial charge in [0, 0.05) is 0 Å². The average molecular weight is 255 g/mol. The lowest BCUT2D eigenvalue weighted by atomic mass is 9.94. The first-order chi connectivity index (χ1) is 8.56.